The average molecular weight is 361 g/mol. The highest BCUT2D eigenvalue weighted by Crippen LogP contribution is 2.16. The predicted octanol–water partition coefficient (Wildman–Crippen LogP) is 1.87. The molecule has 1 saturated heterocycles. The lowest BCUT2D eigenvalue weighted by molar-refractivity contribution is 0.00233. The van der Waals surface area contributed by atoms with Gasteiger partial charge in [-0.1, -0.05) is 19.0 Å². The Balaban J connectivity index is 1.45. The first-order valence-corrected chi connectivity index (χ1v) is 9.21. The van der Waals surface area contributed by atoms with Gasteiger partial charge in [0.15, 0.2) is 5.82 Å². The SMILES string of the molecule is CC(C)Cc1nc(CCOC2CCCN(C(=O)c3cn(C)cn3)C2)no1. The first-order valence-electron chi connectivity index (χ1n) is 9.21. The maximum absolute atomic E-state index is 12.5. The Labute approximate surface area is 153 Å². The van der Waals surface area contributed by atoms with Crippen molar-refractivity contribution in [1.82, 2.24) is 24.6 Å². The maximum Gasteiger partial charge on any atom is 0.274 e. The van der Waals surface area contributed by atoms with E-state index in [1.807, 2.05) is 11.9 Å². The maximum atomic E-state index is 12.5. The molecule has 0 aliphatic carbocycles. The number of carbonyl (C=O) groups excluding carboxylic acids is 1. The van der Waals surface area contributed by atoms with Crippen molar-refractivity contribution >= 4 is 5.91 Å². The number of aryl methyl sites for hydroxylation is 1. The summed E-state index contributed by atoms with van der Waals surface area (Å²) < 4.78 is 13.0. The number of imidazole rings is 1. The Morgan fingerprint density at radius 3 is 3.04 bits per heavy atom. The highest BCUT2D eigenvalue weighted by molar-refractivity contribution is 5.92. The smallest absolute Gasteiger partial charge is 0.274 e. The highest BCUT2D eigenvalue weighted by atomic mass is 16.5. The molecular weight excluding hydrogens is 334 g/mol. The van der Waals surface area contributed by atoms with Gasteiger partial charge in [0, 0.05) is 39.2 Å². The Bertz CT molecular complexity index is 724. The van der Waals surface area contributed by atoms with E-state index in [0.29, 0.717) is 42.9 Å². The van der Waals surface area contributed by atoms with Crippen LogP contribution < -0.4 is 0 Å². The largest absolute Gasteiger partial charge is 0.376 e. The molecule has 1 unspecified atom stereocenters. The van der Waals surface area contributed by atoms with E-state index >= 15 is 0 Å². The fourth-order valence-corrected chi connectivity index (χ4v) is 3.08. The molecule has 1 amide bonds. The summed E-state index contributed by atoms with van der Waals surface area (Å²) in [5, 5.41) is 4.00. The molecule has 1 fully saturated rings. The zero-order valence-corrected chi connectivity index (χ0v) is 15.7. The van der Waals surface area contributed by atoms with Gasteiger partial charge in [0.25, 0.3) is 5.91 Å². The van der Waals surface area contributed by atoms with Gasteiger partial charge < -0.3 is 18.7 Å². The van der Waals surface area contributed by atoms with Gasteiger partial charge in [0.1, 0.15) is 5.69 Å². The number of nitrogens with zero attached hydrogens (tertiary/aromatic N) is 5. The van der Waals surface area contributed by atoms with Crippen LogP contribution in [0.25, 0.3) is 0 Å². The Morgan fingerprint density at radius 1 is 1.46 bits per heavy atom. The third-order valence-corrected chi connectivity index (χ3v) is 4.36. The van der Waals surface area contributed by atoms with Gasteiger partial charge in [0.05, 0.1) is 19.0 Å². The van der Waals surface area contributed by atoms with Crippen LogP contribution in [0, 0.1) is 5.92 Å². The summed E-state index contributed by atoms with van der Waals surface area (Å²) in [6.07, 6.45) is 6.73. The summed E-state index contributed by atoms with van der Waals surface area (Å²) >= 11 is 0. The topological polar surface area (TPSA) is 86.3 Å². The number of aromatic nitrogens is 4. The predicted molar refractivity (Wildman–Crippen MR) is 94.6 cm³/mol. The summed E-state index contributed by atoms with van der Waals surface area (Å²) in [7, 11) is 1.86. The van der Waals surface area contributed by atoms with E-state index in [9.17, 15) is 4.79 Å². The van der Waals surface area contributed by atoms with Crippen LogP contribution in [0.2, 0.25) is 0 Å². The number of amides is 1. The molecule has 1 aliphatic heterocycles. The van der Waals surface area contributed by atoms with Crippen molar-refractivity contribution in [2.24, 2.45) is 13.0 Å². The second kappa shape index (κ2) is 8.44. The molecule has 0 saturated carbocycles. The van der Waals surface area contributed by atoms with Crippen LogP contribution in [-0.2, 0) is 24.6 Å². The number of hydrogen-bond donors (Lipinski definition) is 0. The van der Waals surface area contributed by atoms with Gasteiger partial charge >= 0.3 is 0 Å². The monoisotopic (exact) mass is 361 g/mol. The second-order valence-corrected chi connectivity index (χ2v) is 7.26. The van der Waals surface area contributed by atoms with Crippen molar-refractivity contribution in [1.29, 1.82) is 0 Å². The molecule has 8 nitrogen and oxygen atoms in total. The molecule has 2 aromatic heterocycles. The quantitative estimate of drug-likeness (QED) is 0.748. The van der Waals surface area contributed by atoms with Crippen molar-refractivity contribution in [3.63, 3.8) is 0 Å². The van der Waals surface area contributed by atoms with Crippen LogP contribution in [0.1, 0.15) is 48.9 Å². The van der Waals surface area contributed by atoms with Gasteiger partial charge in [-0.3, -0.25) is 4.79 Å². The van der Waals surface area contributed by atoms with Gasteiger partial charge in [-0.05, 0) is 18.8 Å². The number of likely N-dealkylation sites (tertiary alicyclic amines) is 1. The number of rotatable bonds is 7. The standard InChI is InChI=1S/C18H27N5O3/c1-13(2)9-17-20-16(21-26-17)6-8-25-14-5-4-7-23(10-14)18(24)15-11-22(3)12-19-15/h11-14H,4-10H2,1-3H3. The molecule has 1 atom stereocenters. The van der Waals surface area contributed by atoms with Crippen LogP contribution in [0.15, 0.2) is 17.0 Å². The van der Waals surface area contributed by atoms with Crippen LogP contribution in [-0.4, -0.2) is 56.3 Å². The van der Waals surface area contributed by atoms with Crippen LogP contribution in [0.5, 0.6) is 0 Å². The molecular formula is C18H27N5O3. The van der Waals surface area contributed by atoms with E-state index in [1.165, 1.54) is 0 Å². The molecule has 0 bridgehead atoms. The van der Waals surface area contributed by atoms with E-state index in [4.69, 9.17) is 9.26 Å². The lowest BCUT2D eigenvalue weighted by Gasteiger charge is -2.32. The summed E-state index contributed by atoms with van der Waals surface area (Å²) in [4.78, 5) is 22.9. The minimum atomic E-state index is -0.0320. The Kier molecular flexibility index (Phi) is 6.03. The minimum absolute atomic E-state index is 0.0320. The second-order valence-electron chi connectivity index (χ2n) is 7.26. The van der Waals surface area contributed by atoms with Gasteiger partial charge in [-0.2, -0.15) is 4.98 Å². The molecule has 8 heteroatoms. The fraction of sp³-hybridized carbons (Fsp3) is 0.667. The molecule has 1 aliphatic rings. The molecule has 0 N–H and O–H groups in total. The summed E-state index contributed by atoms with van der Waals surface area (Å²) in [5.41, 5.74) is 0.484. The van der Waals surface area contributed by atoms with Gasteiger partial charge in [-0.25, -0.2) is 4.98 Å². The van der Waals surface area contributed by atoms with Crippen molar-refractivity contribution < 1.29 is 14.1 Å². The van der Waals surface area contributed by atoms with E-state index in [-0.39, 0.29) is 12.0 Å². The molecule has 3 heterocycles. The summed E-state index contributed by atoms with van der Waals surface area (Å²) in [6, 6.07) is 0. The molecule has 0 aromatic carbocycles. The van der Waals surface area contributed by atoms with Crippen molar-refractivity contribution in [3.8, 4) is 0 Å². The van der Waals surface area contributed by atoms with Crippen molar-refractivity contribution in [2.45, 2.75) is 45.6 Å². The molecule has 142 valence electrons. The van der Waals surface area contributed by atoms with Gasteiger partial charge in [-0.15, -0.1) is 0 Å². The van der Waals surface area contributed by atoms with E-state index in [2.05, 4.69) is 29.0 Å². The molecule has 0 spiro atoms. The number of ether oxygens (including phenoxy) is 1. The van der Waals surface area contributed by atoms with Crippen LogP contribution in [0.3, 0.4) is 0 Å². The molecule has 2 aromatic rings. The average Bonchev–Trinajstić information content (AvgIpc) is 3.23. The van der Waals surface area contributed by atoms with E-state index < -0.39 is 0 Å². The van der Waals surface area contributed by atoms with E-state index in [0.717, 1.165) is 25.8 Å². The van der Waals surface area contributed by atoms with Gasteiger partial charge in [0.2, 0.25) is 5.89 Å². The summed E-state index contributed by atoms with van der Waals surface area (Å²) in [5.74, 6) is 1.82. The minimum Gasteiger partial charge on any atom is -0.376 e. The molecule has 26 heavy (non-hydrogen) atoms. The summed E-state index contributed by atoms with van der Waals surface area (Å²) in [6.45, 7) is 6.11. The van der Waals surface area contributed by atoms with Crippen molar-refractivity contribution in [2.75, 3.05) is 19.7 Å². The van der Waals surface area contributed by atoms with Crippen molar-refractivity contribution in [3.05, 3.63) is 29.9 Å². The number of piperidine rings is 1. The highest BCUT2D eigenvalue weighted by Gasteiger charge is 2.26. The Hall–Kier alpha value is -2.22. The zero-order valence-electron chi connectivity index (χ0n) is 15.7. The molecule has 3 rings (SSSR count). The van der Waals surface area contributed by atoms with Crippen LogP contribution >= 0.6 is 0 Å². The zero-order chi connectivity index (χ0) is 18.5. The fourth-order valence-electron chi connectivity index (χ4n) is 3.08. The number of carbonyl (C=O) groups is 1. The first-order chi connectivity index (χ1) is 12.5. The Morgan fingerprint density at radius 2 is 2.31 bits per heavy atom. The third-order valence-electron chi connectivity index (χ3n) is 4.36. The normalized spacial score (nSPS) is 17.8. The number of hydrogen-bond acceptors (Lipinski definition) is 6. The van der Waals surface area contributed by atoms with E-state index in [1.54, 1.807) is 17.1 Å². The lowest BCUT2D eigenvalue weighted by Crippen LogP contribution is -2.43. The lowest BCUT2D eigenvalue weighted by atomic mass is 10.1. The third kappa shape index (κ3) is 4.91. The first kappa shape index (κ1) is 18.6. The molecule has 0 radical (unpaired) electrons. The van der Waals surface area contributed by atoms with Crippen LogP contribution in [0.4, 0.5) is 0 Å².